The first-order chi connectivity index (χ1) is 12.0. The van der Waals surface area contributed by atoms with Gasteiger partial charge in [0.15, 0.2) is 0 Å². The number of cyclic esters (lactones) is 1. The largest absolute Gasteiger partial charge is 0.447 e. The summed E-state index contributed by atoms with van der Waals surface area (Å²) in [5.74, 6) is -0.492. The van der Waals surface area contributed by atoms with E-state index in [-0.39, 0.29) is 17.9 Å². The zero-order valence-corrected chi connectivity index (χ0v) is 13.6. The van der Waals surface area contributed by atoms with Gasteiger partial charge in [-0.15, -0.1) is 0 Å². The SMILES string of the molecule is CC(=O)Nc1cccc(C(=O)Nc2ccc(N3CCOC3=O)cc2)c1. The monoisotopic (exact) mass is 339 g/mol. The molecule has 0 aromatic heterocycles. The van der Waals surface area contributed by atoms with Gasteiger partial charge in [0.2, 0.25) is 5.91 Å². The molecule has 0 aliphatic carbocycles. The van der Waals surface area contributed by atoms with E-state index in [1.165, 1.54) is 11.8 Å². The fourth-order valence-corrected chi connectivity index (χ4v) is 2.50. The summed E-state index contributed by atoms with van der Waals surface area (Å²) in [7, 11) is 0. The maximum Gasteiger partial charge on any atom is 0.414 e. The van der Waals surface area contributed by atoms with Crippen molar-refractivity contribution in [1.29, 1.82) is 0 Å². The number of rotatable bonds is 4. The lowest BCUT2D eigenvalue weighted by atomic mass is 10.1. The highest BCUT2D eigenvalue weighted by atomic mass is 16.6. The van der Waals surface area contributed by atoms with Crippen LogP contribution in [0.4, 0.5) is 21.9 Å². The Bertz CT molecular complexity index is 817. The Kier molecular flexibility index (Phi) is 4.65. The second-order valence-electron chi connectivity index (χ2n) is 5.53. The molecule has 1 saturated heterocycles. The number of hydrogen-bond acceptors (Lipinski definition) is 4. The summed E-state index contributed by atoms with van der Waals surface area (Å²) in [6.45, 7) is 2.30. The molecule has 3 amide bonds. The van der Waals surface area contributed by atoms with E-state index in [9.17, 15) is 14.4 Å². The average molecular weight is 339 g/mol. The third-order valence-corrected chi connectivity index (χ3v) is 3.64. The third-order valence-electron chi connectivity index (χ3n) is 3.64. The first kappa shape index (κ1) is 16.5. The Labute approximate surface area is 144 Å². The highest BCUT2D eigenvalue weighted by Crippen LogP contribution is 2.21. The zero-order valence-electron chi connectivity index (χ0n) is 13.6. The summed E-state index contributed by atoms with van der Waals surface area (Å²) >= 11 is 0. The molecule has 2 N–H and O–H groups in total. The first-order valence-corrected chi connectivity index (χ1v) is 7.76. The van der Waals surface area contributed by atoms with E-state index in [1.807, 2.05) is 0 Å². The van der Waals surface area contributed by atoms with Crippen LogP contribution < -0.4 is 15.5 Å². The van der Waals surface area contributed by atoms with Crippen molar-refractivity contribution in [3.05, 3.63) is 54.1 Å². The van der Waals surface area contributed by atoms with Crippen molar-refractivity contribution >= 4 is 35.0 Å². The molecule has 1 aliphatic heterocycles. The number of nitrogens with one attached hydrogen (secondary N) is 2. The van der Waals surface area contributed by atoms with Crippen LogP contribution >= 0.6 is 0 Å². The number of anilines is 3. The van der Waals surface area contributed by atoms with Gasteiger partial charge >= 0.3 is 6.09 Å². The van der Waals surface area contributed by atoms with Crippen molar-refractivity contribution in [3.63, 3.8) is 0 Å². The Morgan fingerprint density at radius 1 is 1.04 bits per heavy atom. The highest BCUT2D eigenvalue weighted by Gasteiger charge is 2.23. The van der Waals surface area contributed by atoms with Crippen LogP contribution in [0.2, 0.25) is 0 Å². The van der Waals surface area contributed by atoms with Crippen LogP contribution in [0.3, 0.4) is 0 Å². The highest BCUT2D eigenvalue weighted by molar-refractivity contribution is 6.05. The van der Waals surface area contributed by atoms with Crippen LogP contribution in [0.25, 0.3) is 0 Å². The lowest BCUT2D eigenvalue weighted by molar-refractivity contribution is -0.114. The van der Waals surface area contributed by atoms with Gasteiger partial charge < -0.3 is 15.4 Å². The van der Waals surface area contributed by atoms with Crippen LogP contribution in [0.15, 0.2) is 48.5 Å². The molecule has 7 nitrogen and oxygen atoms in total. The maximum atomic E-state index is 12.3. The molecule has 0 spiro atoms. The predicted molar refractivity (Wildman–Crippen MR) is 93.8 cm³/mol. The zero-order chi connectivity index (χ0) is 17.8. The minimum absolute atomic E-state index is 0.200. The quantitative estimate of drug-likeness (QED) is 0.896. The number of carbonyl (C=O) groups is 3. The molecule has 0 saturated carbocycles. The molecular weight excluding hydrogens is 322 g/mol. The molecule has 0 unspecified atom stereocenters. The minimum atomic E-state index is -0.369. The molecule has 2 aromatic carbocycles. The van der Waals surface area contributed by atoms with E-state index in [4.69, 9.17) is 4.74 Å². The van der Waals surface area contributed by atoms with Gasteiger partial charge in [-0.3, -0.25) is 14.5 Å². The molecular formula is C18H17N3O4. The number of hydrogen-bond donors (Lipinski definition) is 2. The second-order valence-corrected chi connectivity index (χ2v) is 5.53. The summed E-state index contributed by atoms with van der Waals surface area (Å²) in [5.41, 5.74) is 2.31. The average Bonchev–Trinajstić information content (AvgIpc) is 3.01. The number of ether oxygens (including phenoxy) is 1. The van der Waals surface area contributed by atoms with Gasteiger partial charge in [0.05, 0.1) is 6.54 Å². The van der Waals surface area contributed by atoms with E-state index in [0.717, 1.165) is 0 Å². The molecule has 1 heterocycles. The van der Waals surface area contributed by atoms with Gasteiger partial charge in [-0.25, -0.2) is 4.79 Å². The van der Waals surface area contributed by atoms with Gasteiger partial charge in [0, 0.05) is 29.5 Å². The Morgan fingerprint density at radius 2 is 1.80 bits per heavy atom. The molecule has 7 heteroatoms. The van der Waals surface area contributed by atoms with E-state index in [1.54, 1.807) is 48.5 Å². The molecule has 128 valence electrons. The second kappa shape index (κ2) is 7.04. The van der Waals surface area contributed by atoms with Crippen molar-refractivity contribution in [2.75, 3.05) is 28.7 Å². The van der Waals surface area contributed by atoms with Crippen molar-refractivity contribution in [3.8, 4) is 0 Å². The summed E-state index contributed by atoms with van der Waals surface area (Å²) in [6, 6.07) is 13.6. The summed E-state index contributed by atoms with van der Waals surface area (Å²) in [4.78, 5) is 36.5. The lowest BCUT2D eigenvalue weighted by Gasteiger charge is -2.13. The van der Waals surface area contributed by atoms with Gasteiger partial charge in [0.1, 0.15) is 6.61 Å². The fourth-order valence-electron chi connectivity index (χ4n) is 2.50. The van der Waals surface area contributed by atoms with Gasteiger partial charge in [-0.1, -0.05) is 6.07 Å². The van der Waals surface area contributed by atoms with E-state index in [2.05, 4.69) is 10.6 Å². The van der Waals surface area contributed by atoms with Crippen molar-refractivity contribution in [2.45, 2.75) is 6.92 Å². The Balaban J connectivity index is 1.68. The number of carbonyl (C=O) groups excluding carboxylic acids is 3. The number of amides is 3. The summed E-state index contributed by atoms with van der Waals surface area (Å²) < 4.78 is 4.90. The Hall–Kier alpha value is -3.35. The molecule has 1 fully saturated rings. The molecule has 0 atom stereocenters. The van der Waals surface area contributed by atoms with Crippen LogP contribution in [0.5, 0.6) is 0 Å². The van der Waals surface area contributed by atoms with Crippen LogP contribution in [0.1, 0.15) is 17.3 Å². The van der Waals surface area contributed by atoms with Crippen molar-refractivity contribution in [2.24, 2.45) is 0 Å². The van der Waals surface area contributed by atoms with Crippen LogP contribution in [-0.2, 0) is 9.53 Å². The van der Waals surface area contributed by atoms with Crippen molar-refractivity contribution in [1.82, 2.24) is 0 Å². The maximum absolute atomic E-state index is 12.3. The van der Waals surface area contributed by atoms with E-state index < -0.39 is 0 Å². The molecule has 2 aromatic rings. The van der Waals surface area contributed by atoms with Crippen LogP contribution in [0, 0.1) is 0 Å². The summed E-state index contributed by atoms with van der Waals surface area (Å²) in [5, 5.41) is 5.42. The van der Waals surface area contributed by atoms with E-state index >= 15 is 0 Å². The fraction of sp³-hybridized carbons (Fsp3) is 0.167. The van der Waals surface area contributed by atoms with Gasteiger partial charge in [-0.05, 0) is 42.5 Å². The van der Waals surface area contributed by atoms with Gasteiger partial charge in [-0.2, -0.15) is 0 Å². The molecule has 0 radical (unpaired) electrons. The molecule has 3 rings (SSSR count). The van der Waals surface area contributed by atoms with Crippen LogP contribution in [-0.4, -0.2) is 31.1 Å². The third kappa shape index (κ3) is 3.95. The van der Waals surface area contributed by atoms with Gasteiger partial charge in [0.25, 0.3) is 5.91 Å². The molecule has 1 aliphatic rings. The molecule has 0 bridgehead atoms. The number of nitrogens with zero attached hydrogens (tertiary/aromatic N) is 1. The van der Waals surface area contributed by atoms with Crippen molar-refractivity contribution < 1.29 is 19.1 Å². The summed E-state index contributed by atoms with van der Waals surface area (Å²) in [6.07, 6.45) is -0.369. The smallest absolute Gasteiger partial charge is 0.414 e. The predicted octanol–water partition coefficient (Wildman–Crippen LogP) is 2.85. The first-order valence-electron chi connectivity index (χ1n) is 7.76. The minimum Gasteiger partial charge on any atom is -0.447 e. The Morgan fingerprint density at radius 3 is 2.44 bits per heavy atom. The normalized spacial score (nSPS) is 13.3. The topological polar surface area (TPSA) is 87.7 Å². The molecule has 25 heavy (non-hydrogen) atoms. The standard InChI is InChI=1S/C18H17N3O4/c1-12(22)19-15-4-2-3-13(11-15)17(23)20-14-5-7-16(8-6-14)21-9-10-25-18(21)24/h2-8,11H,9-10H2,1H3,(H,19,22)(H,20,23). The lowest BCUT2D eigenvalue weighted by Crippen LogP contribution is -2.23. The van der Waals surface area contributed by atoms with E-state index in [0.29, 0.717) is 35.8 Å². The number of benzene rings is 2.